The van der Waals surface area contributed by atoms with Crippen LogP contribution < -0.4 is 21.3 Å². The van der Waals surface area contributed by atoms with Crippen LogP contribution in [0.3, 0.4) is 0 Å². The van der Waals surface area contributed by atoms with E-state index in [9.17, 15) is 4.39 Å². The summed E-state index contributed by atoms with van der Waals surface area (Å²) in [5.41, 5.74) is 3.21. The number of nitrogens with two attached hydrogens (primary N) is 1. The van der Waals surface area contributed by atoms with E-state index in [0.717, 1.165) is 12.8 Å². The Labute approximate surface area is 112 Å². The Morgan fingerprint density at radius 1 is 1.42 bits per heavy atom. The number of aliphatic imine (C=N–C) groups is 1. The Balaban J connectivity index is 2.09. The van der Waals surface area contributed by atoms with E-state index < -0.39 is 5.82 Å². The highest BCUT2D eigenvalue weighted by Gasteiger charge is 2.14. The maximum atomic E-state index is 13.3. The van der Waals surface area contributed by atoms with Crippen LogP contribution in [0, 0.1) is 5.82 Å². The van der Waals surface area contributed by atoms with E-state index in [2.05, 4.69) is 15.7 Å². The van der Waals surface area contributed by atoms with Crippen LogP contribution in [-0.4, -0.2) is 19.1 Å². The Hall–Kier alpha value is -1.82. The molecule has 0 atom stereocenters. The van der Waals surface area contributed by atoms with Gasteiger partial charge in [-0.15, -0.1) is 0 Å². The van der Waals surface area contributed by atoms with Gasteiger partial charge in [0.1, 0.15) is 0 Å². The first-order valence-electron chi connectivity index (χ1n) is 6.38. The van der Waals surface area contributed by atoms with Gasteiger partial charge in [-0.2, -0.15) is 0 Å². The minimum atomic E-state index is -0.400. The lowest BCUT2D eigenvalue weighted by atomic mass is 10.3. The molecule has 1 aliphatic carbocycles. The molecule has 19 heavy (non-hydrogen) atoms. The van der Waals surface area contributed by atoms with Crippen molar-refractivity contribution in [1.82, 2.24) is 5.43 Å². The van der Waals surface area contributed by atoms with E-state index in [0.29, 0.717) is 17.7 Å². The third-order valence-electron chi connectivity index (χ3n) is 3.19. The molecule has 0 aromatic heterocycles. The molecule has 0 unspecified atom stereocenters. The zero-order valence-electron chi connectivity index (χ0n) is 10.9. The summed E-state index contributed by atoms with van der Waals surface area (Å²) in [6, 6.07) is 4.82. The second-order valence-electron chi connectivity index (χ2n) is 4.53. The largest absolute Gasteiger partial charge is 0.494 e. The number of methoxy groups -OCH3 is 1. The van der Waals surface area contributed by atoms with Crippen LogP contribution >= 0.6 is 0 Å². The molecular formula is C13H19FN4O. The van der Waals surface area contributed by atoms with Gasteiger partial charge in [-0.3, -0.25) is 5.43 Å². The minimum absolute atomic E-state index is 0.183. The molecule has 1 aromatic carbocycles. The van der Waals surface area contributed by atoms with Crippen LogP contribution in [0.5, 0.6) is 5.75 Å². The first kappa shape index (κ1) is 13.6. The fourth-order valence-electron chi connectivity index (χ4n) is 2.20. The molecule has 0 saturated heterocycles. The van der Waals surface area contributed by atoms with E-state index in [-0.39, 0.29) is 5.75 Å². The molecule has 1 fully saturated rings. The normalized spacial score (nSPS) is 16.5. The molecule has 2 rings (SSSR count). The van der Waals surface area contributed by atoms with Crippen LogP contribution in [0.2, 0.25) is 0 Å². The lowest BCUT2D eigenvalue weighted by Gasteiger charge is -2.12. The van der Waals surface area contributed by atoms with Crippen LogP contribution in [-0.2, 0) is 0 Å². The highest BCUT2D eigenvalue weighted by Crippen LogP contribution is 2.23. The standard InChI is InChI=1S/C13H19FN4O/c1-19-12-8-10(6-7-11(12)14)17-13(18-15)16-9-4-2-3-5-9/h6-9H,2-5,15H2,1H3,(H2,16,17,18). The summed E-state index contributed by atoms with van der Waals surface area (Å²) in [6.45, 7) is 0. The van der Waals surface area contributed by atoms with E-state index in [1.807, 2.05) is 0 Å². The smallest absolute Gasteiger partial charge is 0.210 e. The summed E-state index contributed by atoms with van der Waals surface area (Å²) in [7, 11) is 1.43. The van der Waals surface area contributed by atoms with Gasteiger partial charge in [-0.05, 0) is 25.0 Å². The second kappa shape index (κ2) is 6.38. The number of guanidine groups is 1. The molecule has 0 spiro atoms. The highest BCUT2D eigenvalue weighted by molar-refractivity contribution is 5.93. The quantitative estimate of drug-likeness (QED) is 0.339. The maximum Gasteiger partial charge on any atom is 0.210 e. The van der Waals surface area contributed by atoms with E-state index in [1.165, 1.54) is 26.0 Å². The number of hydrazine groups is 1. The van der Waals surface area contributed by atoms with E-state index in [4.69, 9.17) is 10.6 Å². The Morgan fingerprint density at radius 3 is 2.79 bits per heavy atom. The van der Waals surface area contributed by atoms with Crippen LogP contribution in [0.1, 0.15) is 25.7 Å². The van der Waals surface area contributed by atoms with Crippen molar-refractivity contribution in [3.63, 3.8) is 0 Å². The topological polar surface area (TPSA) is 71.7 Å². The number of nitrogens with zero attached hydrogens (tertiary/aromatic N) is 1. The average molecular weight is 266 g/mol. The van der Waals surface area contributed by atoms with Crippen molar-refractivity contribution < 1.29 is 9.13 Å². The summed E-state index contributed by atoms with van der Waals surface area (Å²) >= 11 is 0. The number of ether oxygens (including phenoxy) is 1. The van der Waals surface area contributed by atoms with Gasteiger partial charge in [-0.25, -0.2) is 15.2 Å². The molecule has 104 valence electrons. The van der Waals surface area contributed by atoms with Crippen LogP contribution in [0.25, 0.3) is 0 Å². The zero-order valence-corrected chi connectivity index (χ0v) is 10.9. The van der Waals surface area contributed by atoms with E-state index >= 15 is 0 Å². The number of rotatable bonds is 3. The summed E-state index contributed by atoms with van der Waals surface area (Å²) in [5.74, 6) is 5.72. The lowest BCUT2D eigenvalue weighted by Crippen LogP contribution is -2.37. The van der Waals surface area contributed by atoms with Gasteiger partial charge in [0, 0.05) is 11.8 Å². The van der Waals surface area contributed by atoms with Crippen molar-refractivity contribution in [2.75, 3.05) is 12.4 Å². The van der Waals surface area contributed by atoms with Gasteiger partial charge in [0.2, 0.25) is 5.96 Å². The van der Waals surface area contributed by atoms with Crippen molar-refractivity contribution in [2.45, 2.75) is 31.7 Å². The fraction of sp³-hybridized carbons (Fsp3) is 0.462. The van der Waals surface area contributed by atoms with Crippen molar-refractivity contribution in [1.29, 1.82) is 0 Å². The predicted molar refractivity (Wildman–Crippen MR) is 73.6 cm³/mol. The second-order valence-corrected chi connectivity index (χ2v) is 4.53. The molecule has 0 radical (unpaired) electrons. The van der Waals surface area contributed by atoms with Gasteiger partial charge in [0.25, 0.3) is 0 Å². The molecular weight excluding hydrogens is 247 g/mol. The maximum absolute atomic E-state index is 13.3. The number of anilines is 1. The number of halogens is 1. The summed E-state index contributed by atoms with van der Waals surface area (Å²) in [6.07, 6.45) is 4.58. The van der Waals surface area contributed by atoms with Crippen LogP contribution in [0.4, 0.5) is 10.1 Å². The molecule has 6 heteroatoms. The third kappa shape index (κ3) is 3.57. The molecule has 1 aliphatic rings. The molecule has 1 saturated carbocycles. The van der Waals surface area contributed by atoms with Gasteiger partial charge in [0.05, 0.1) is 13.2 Å². The first-order valence-corrected chi connectivity index (χ1v) is 6.38. The Bertz CT molecular complexity index is 458. The van der Waals surface area contributed by atoms with Gasteiger partial charge in [-0.1, -0.05) is 12.8 Å². The highest BCUT2D eigenvalue weighted by atomic mass is 19.1. The molecule has 1 aromatic rings. The molecule has 4 N–H and O–H groups in total. The van der Waals surface area contributed by atoms with Gasteiger partial charge < -0.3 is 10.1 Å². The number of hydrogen-bond donors (Lipinski definition) is 3. The summed E-state index contributed by atoms with van der Waals surface area (Å²) in [5, 5.41) is 3.02. The lowest BCUT2D eigenvalue weighted by molar-refractivity contribution is 0.387. The molecule has 0 heterocycles. The number of benzene rings is 1. The number of hydrogen-bond acceptors (Lipinski definition) is 3. The molecule has 0 amide bonds. The Morgan fingerprint density at radius 2 is 2.16 bits per heavy atom. The molecule has 5 nitrogen and oxygen atoms in total. The van der Waals surface area contributed by atoms with Crippen molar-refractivity contribution in [3.05, 3.63) is 24.0 Å². The van der Waals surface area contributed by atoms with Crippen molar-refractivity contribution in [3.8, 4) is 5.75 Å². The Kier molecular flexibility index (Phi) is 4.57. The fourth-order valence-corrected chi connectivity index (χ4v) is 2.20. The number of nitrogens with one attached hydrogen (secondary N) is 2. The summed E-state index contributed by atoms with van der Waals surface area (Å²) in [4.78, 5) is 4.50. The summed E-state index contributed by atoms with van der Waals surface area (Å²) < 4.78 is 18.2. The minimum Gasteiger partial charge on any atom is -0.494 e. The third-order valence-corrected chi connectivity index (χ3v) is 3.19. The van der Waals surface area contributed by atoms with Gasteiger partial charge in [0.15, 0.2) is 11.6 Å². The molecule has 0 aliphatic heterocycles. The average Bonchev–Trinajstić information content (AvgIpc) is 2.93. The monoisotopic (exact) mass is 266 g/mol. The van der Waals surface area contributed by atoms with Gasteiger partial charge >= 0.3 is 0 Å². The molecule has 0 bridgehead atoms. The predicted octanol–water partition coefficient (Wildman–Crippen LogP) is 2.01. The van der Waals surface area contributed by atoms with Crippen molar-refractivity contribution in [2.24, 2.45) is 10.8 Å². The SMILES string of the molecule is COc1cc(NC(=NC2CCCC2)NN)ccc1F. The van der Waals surface area contributed by atoms with E-state index in [1.54, 1.807) is 12.1 Å². The first-order chi connectivity index (χ1) is 9.22. The van der Waals surface area contributed by atoms with Crippen LogP contribution in [0.15, 0.2) is 23.2 Å². The van der Waals surface area contributed by atoms with Crippen molar-refractivity contribution >= 4 is 11.6 Å². The zero-order chi connectivity index (χ0) is 13.7.